The van der Waals surface area contributed by atoms with Crippen molar-refractivity contribution in [2.24, 2.45) is 0 Å². The Labute approximate surface area is 186 Å². The molecule has 1 amide bonds. The maximum atomic E-state index is 12.6. The van der Waals surface area contributed by atoms with E-state index >= 15 is 0 Å². The van der Waals surface area contributed by atoms with Crippen LogP contribution < -0.4 is 5.32 Å². The maximum Gasteiger partial charge on any atom is 0.233 e. The molecule has 2 atom stereocenters. The minimum Gasteiger partial charge on any atom is -0.376 e. The fraction of sp³-hybridized carbons (Fsp3) is 0.591. The van der Waals surface area contributed by atoms with Crippen molar-refractivity contribution in [1.29, 1.82) is 0 Å². The highest BCUT2D eigenvalue weighted by Gasteiger charge is 2.24. The van der Waals surface area contributed by atoms with Crippen LogP contribution in [-0.2, 0) is 16.1 Å². The summed E-state index contributed by atoms with van der Waals surface area (Å²) in [5, 5.41) is 14.6. The average Bonchev–Trinajstić information content (AvgIpc) is 3.52. The molecular weight excluding hydrogens is 416 g/mol. The highest BCUT2D eigenvalue weighted by molar-refractivity contribution is 8.00. The smallest absolute Gasteiger partial charge is 0.233 e. The Morgan fingerprint density at radius 3 is 3.07 bits per heavy atom. The molecule has 0 radical (unpaired) electrons. The summed E-state index contributed by atoms with van der Waals surface area (Å²) >= 11 is 3.13. The van der Waals surface area contributed by atoms with Crippen LogP contribution in [0.15, 0.2) is 34.3 Å². The van der Waals surface area contributed by atoms with E-state index in [-0.39, 0.29) is 17.3 Å². The van der Waals surface area contributed by atoms with E-state index in [1.165, 1.54) is 43.0 Å². The predicted molar refractivity (Wildman–Crippen MR) is 122 cm³/mol. The van der Waals surface area contributed by atoms with Crippen molar-refractivity contribution < 1.29 is 9.53 Å². The van der Waals surface area contributed by atoms with Crippen LogP contribution in [0.4, 0.5) is 0 Å². The summed E-state index contributed by atoms with van der Waals surface area (Å²) < 4.78 is 7.98. The summed E-state index contributed by atoms with van der Waals surface area (Å²) in [5.74, 6) is 0.917. The molecule has 2 aromatic heterocycles. The number of nitrogens with one attached hydrogen (secondary N) is 1. The van der Waals surface area contributed by atoms with Crippen LogP contribution in [0.2, 0.25) is 0 Å². The van der Waals surface area contributed by atoms with Gasteiger partial charge < -0.3 is 10.1 Å². The lowest BCUT2D eigenvalue weighted by Gasteiger charge is -2.17. The van der Waals surface area contributed by atoms with Crippen LogP contribution in [-0.4, -0.2) is 45.2 Å². The number of carbonyl (C=O) groups excluding carboxylic acids is 1. The first-order valence-corrected chi connectivity index (χ1v) is 12.7. The first-order chi connectivity index (χ1) is 14.7. The molecule has 0 spiro atoms. The molecule has 2 aliphatic rings. The van der Waals surface area contributed by atoms with E-state index in [2.05, 4.69) is 32.2 Å². The van der Waals surface area contributed by atoms with Crippen molar-refractivity contribution in [3.63, 3.8) is 0 Å². The molecule has 1 aliphatic heterocycles. The quantitative estimate of drug-likeness (QED) is 0.448. The van der Waals surface area contributed by atoms with Crippen LogP contribution in [0.3, 0.4) is 0 Å². The molecule has 1 saturated heterocycles. The van der Waals surface area contributed by atoms with Gasteiger partial charge in [-0.3, -0.25) is 9.36 Å². The van der Waals surface area contributed by atoms with E-state index in [0.717, 1.165) is 48.3 Å². The number of hydrogen-bond acceptors (Lipinski definition) is 6. The third-order valence-electron chi connectivity index (χ3n) is 5.65. The van der Waals surface area contributed by atoms with Crippen molar-refractivity contribution in [3.8, 4) is 10.7 Å². The van der Waals surface area contributed by atoms with Crippen molar-refractivity contribution in [2.75, 3.05) is 13.2 Å². The lowest BCUT2D eigenvalue weighted by atomic mass is 9.97. The Bertz CT molecular complexity index is 857. The number of allylic oxidation sites excluding steroid dienone is 1. The van der Waals surface area contributed by atoms with Gasteiger partial charge in [-0.15, -0.1) is 21.5 Å². The second-order valence-corrected chi connectivity index (χ2v) is 10.2. The number of ether oxygens (including phenoxy) is 1. The van der Waals surface area contributed by atoms with Crippen LogP contribution in [0.5, 0.6) is 0 Å². The first kappa shape index (κ1) is 21.6. The first-order valence-electron chi connectivity index (χ1n) is 10.9. The second-order valence-electron chi connectivity index (χ2n) is 7.94. The summed E-state index contributed by atoms with van der Waals surface area (Å²) in [7, 11) is 0. The molecule has 1 fully saturated rings. The zero-order valence-corrected chi connectivity index (χ0v) is 19.1. The highest BCUT2D eigenvalue weighted by atomic mass is 32.2. The van der Waals surface area contributed by atoms with Gasteiger partial charge in [-0.05, 0) is 63.3 Å². The molecule has 0 aromatic carbocycles. The Morgan fingerprint density at radius 2 is 2.33 bits per heavy atom. The zero-order chi connectivity index (χ0) is 20.8. The molecule has 1 N–H and O–H groups in total. The van der Waals surface area contributed by atoms with Gasteiger partial charge in [0.2, 0.25) is 5.91 Å². The maximum absolute atomic E-state index is 12.6. The van der Waals surface area contributed by atoms with Gasteiger partial charge in [-0.1, -0.05) is 29.5 Å². The number of carbonyl (C=O) groups is 1. The Balaban J connectivity index is 1.38. The molecule has 4 rings (SSSR count). The number of thioether (sulfide) groups is 1. The van der Waals surface area contributed by atoms with Gasteiger partial charge in [0, 0.05) is 13.2 Å². The summed E-state index contributed by atoms with van der Waals surface area (Å²) in [5.41, 5.74) is 1.48. The fourth-order valence-electron chi connectivity index (χ4n) is 3.95. The molecule has 6 nitrogen and oxygen atoms in total. The van der Waals surface area contributed by atoms with E-state index in [1.807, 2.05) is 18.4 Å². The van der Waals surface area contributed by atoms with Gasteiger partial charge >= 0.3 is 0 Å². The molecule has 2 aromatic rings. The number of hydrogen-bond donors (Lipinski definition) is 1. The predicted octanol–water partition coefficient (Wildman–Crippen LogP) is 4.67. The van der Waals surface area contributed by atoms with Gasteiger partial charge in [0.1, 0.15) is 0 Å². The van der Waals surface area contributed by atoms with E-state index in [4.69, 9.17) is 4.74 Å². The summed E-state index contributed by atoms with van der Waals surface area (Å²) in [6.45, 7) is 4.19. The molecule has 0 saturated carbocycles. The normalized spacial score (nSPS) is 20.2. The van der Waals surface area contributed by atoms with Gasteiger partial charge in [0.05, 0.1) is 22.8 Å². The van der Waals surface area contributed by atoms with E-state index in [9.17, 15) is 4.79 Å². The largest absolute Gasteiger partial charge is 0.376 e. The van der Waals surface area contributed by atoms with Crippen molar-refractivity contribution in [2.45, 2.75) is 74.9 Å². The van der Waals surface area contributed by atoms with Gasteiger partial charge in [-0.2, -0.15) is 0 Å². The fourth-order valence-corrected chi connectivity index (χ4v) is 5.55. The number of rotatable bonds is 9. The third-order valence-corrected chi connectivity index (χ3v) is 7.60. The lowest BCUT2D eigenvalue weighted by Crippen LogP contribution is -2.32. The zero-order valence-electron chi connectivity index (χ0n) is 17.5. The van der Waals surface area contributed by atoms with Gasteiger partial charge in [0.15, 0.2) is 11.0 Å². The third kappa shape index (κ3) is 5.53. The summed E-state index contributed by atoms with van der Waals surface area (Å²) in [6.07, 6.45) is 10.6. The van der Waals surface area contributed by atoms with Crippen LogP contribution in [0, 0.1) is 0 Å². The number of aromatic nitrogens is 3. The van der Waals surface area contributed by atoms with Crippen molar-refractivity contribution in [3.05, 3.63) is 29.2 Å². The van der Waals surface area contributed by atoms with Crippen molar-refractivity contribution in [1.82, 2.24) is 20.1 Å². The van der Waals surface area contributed by atoms with Crippen molar-refractivity contribution >= 4 is 29.0 Å². The molecule has 30 heavy (non-hydrogen) atoms. The van der Waals surface area contributed by atoms with Crippen LogP contribution >= 0.6 is 23.1 Å². The van der Waals surface area contributed by atoms with Gasteiger partial charge in [0.25, 0.3) is 0 Å². The van der Waals surface area contributed by atoms with Crippen LogP contribution in [0.25, 0.3) is 10.7 Å². The van der Waals surface area contributed by atoms with E-state index in [0.29, 0.717) is 6.54 Å². The van der Waals surface area contributed by atoms with E-state index in [1.54, 1.807) is 11.3 Å². The standard InChI is InChI=1S/C22H30N4O2S2/c1-16(21(27)23-12-11-17-7-3-2-4-8-17)30-22-25-24-20(19-10-6-14-29-19)26(22)15-18-9-5-13-28-18/h6-7,10,14,16,18H,2-5,8-9,11-13,15H2,1H3,(H,23,27). The van der Waals surface area contributed by atoms with E-state index < -0.39 is 0 Å². The minimum absolute atomic E-state index is 0.0562. The minimum atomic E-state index is -0.228. The number of amides is 1. The summed E-state index contributed by atoms with van der Waals surface area (Å²) in [6, 6.07) is 4.08. The van der Waals surface area contributed by atoms with Crippen LogP contribution in [0.1, 0.15) is 51.9 Å². The molecule has 8 heteroatoms. The molecule has 2 unspecified atom stereocenters. The number of nitrogens with zero attached hydrogens (tertiary/aromatic N) is 3. The Hall–Kier alpha value is -1.64. The number of thiophene rings is 1. The molecular formula is C22H30N4O2S2. The van der Waals surface area contributed by atoms with Gasteiger partial charge in [-0.25, -0.2) is 0 Å². The topological polar surface area (TPSA) is 69.0 Å². The highest BCUT2D eigenvalue weighted by Crippen LogP contribution is 2.30. The molecule has 162 valence electrons. The average molecular weight is 447 g/mol. The molecule has 3 heterocycles. The monoisotopic (exact) mass is 446 g/mol. The SMILES string of the molecule is CC(Sc1nnc(-c2cccs2)n1CC1CCCO1)C(=O)NCCC1=CCCCC1. The summed E-state index contributed by atoms with van der Waals surface area (Å²) in [4.78, 5) is 13.7. The Morgan fingerprint density at radius 1 is 1.40 bits per heavy atom. The Kier molecular flexibility index (Phi) is 7.62. The molecule has 1 aliphatic carbocycles. The molecule has 0 bridgehead atoms. The lowest BCUT2D eigenvalue weighted by molar-refractivity contribution is -0.120. The second kappa shape index (κ2) is 10.6.